The lowest BCUT2D eigenvalue weighted by molar-refractivity contribution is -0.137. The molecule has 8 aromatic carbocycles. The number of hydrogen-bond donors (Lipinski definition) is 0. The van der Waals surface area contributed by atoms with Gasteiger partial charge in [0, 0.05) is 28.2 Å². The van der Waals surface area contributed by atoms with Gasteiger partial charge >= 0.3 is 6.18 Å². The minimum absolute atomic E-state index is 0.150. The Morgan fingerprint density at radius 1 is 0.418 bits per heavy atom. The average Bonchev–Trinajstić information content (AvgIpc) is 3.86. The van der Waals surface area contributed by atoms with E-state index in [0.717, 1.165) is 66.5 Å². The highest BCUT2D eigenvalue weighted by Gasteiger charge is 2.34. The van der Waals surface area contributed by atoms with Crippen LogP contribution in [0.25, 0.3) is 77.8 Å². The lowest BCUT2D eigenvalue weighted by atomic mass is 9.93. The molecule has 8 heteroatoms. The number of fused-ring (bicyclic) bond motifs is 4. The Balaban J connectivity index is 1.05. The van der Waals surface area contributed by atoms with Gasteiger partial charge < -0.3 is 13.7 Å². The number of halogens is 3. The van der Waals surface area contributed by atoms with Crippen molar-refractivity contribution in [2.45, 2.75) is 6.18 Å². The molecule has 0 aliphatic rings. The third-order valence-electron chi connectivity index (χ3n) is 9.92. The van der Waals surface area contributed by atoms with E-state index in [0.29, 0.717) is 22.7 Å². The van der Waals surface area contributed by atoms with E-state index in [2.05, 4.69) is 14.9 Å². The summed E-state index contributed by atoms with van der Waals surface area (Å²) in [5.74, 6) is 1.06. The van der Waals surface area contributed by atoms with Gasteiger partial charge in [0.25, 0.3) is 0 Å². The number of rotatable bonds is 6. The number of aromatic nitrogens is 2. The maximum Gasteiger partial charge on any atom is 0.417 e. The molecule has 264 valence electrons. The van der Waals surface area contributed by atoms with Crippen LogP contribution in [0.15, 0.2) is 179 Å². The molecule has 0 atom stereocenters. The molecule has 0 aliphatic carbocycles. The van der Waals surface area contributed by atoms with Crippen LogP contribution in [0.5, 0.6) is 0 Å². The van der Waals surface area contributed by atoms with Gasteiger partial charge in [0.05, 0.1) is 5.56 Å². The zero-order valence-electron chi connectivity index (χ0n) is 29.0. The van der Waals surface area contributed by atoms with Crippen molar-refractivity contribution >= 4 is 60.8 Å². The zero-order chi connectivity index (χ0) is 37.1. The molecule has 0 fully saturated rings. The molecule has 0 saturated carbocycles. The lowest BCUT2D eigenvalue weighted by Gasteiger charge is -2.26. The van der Waals surface area contributed by atoms with Gasteiger partial charge in [0.2, 0.25) is 11.8 Å². The van der Waals surface area contributed by atoms with Crippen LogP contribution in [0.3, 0.4) is 0 Å². The van der Waals surface area contributed by atoms with Crippen LogP contribution >= 0.6 is 0 Å². The molecule has 2 heterocycles. The smallest absolute Gasteiger partial charge is 0.417 e. The summed E-state index contributed by atoms with van der Waals surface area (Å²) in [6.45, 7) is 0. The molecule has 10 rings (SSSR count). The summed E-state index contributed by atoms with van der Waals surface area (Å²) in [6, 6.07) is 52.8. The van der Waals surface area contributed by atoms with E-state index in [1.807, 2.05) is 140 Å². The van der Waals surface area contributed by atoms with Gasteiger partial charge in [0.1, 0.15) is 11.0 Å². The molecule has 10 aromatic rings. The molecule has 0 aliphatic heterocycles. The molecule has 0 amide bonds. The van der Waals surface area contributed by atoms with Gasteiger partial charge in [0.15, 0.2) is 11.2 Å². The van der Waals surface area contributed by atoms with E-state index < -0.39 is 11.7 Å². The van der Waals surface area contributed by atoms with Gasteiger partial charge in [-0.05, 0) is 136 Å². The Kier molecular flexibility index (Phi) is 7.52. The zero-order valence-corrected chi connectivity index (χ0v) is 29.0. The highest BCUT2D eigenvalue weighted by atomic mass is 19.4. The quantitative estimate of drug-likeness (QED) is 0.171. The van der Waals surface area contributed by atoms with Crippen molar-refractivity contribution in [3.05, 3.63) is 175 Å². The summed E-state index contributed by atoms with van der Waals surface area (Å²) < 4.78 is 55.1. The largest absolute Gasteiger partial charge is 0.436 e. The first-order valence-electron chi connectivity index (χ1n) is 17.7. The second-order valence-corrected chi connectivity index (χ2v) is 13.4. The number of anilines is 3. The first kappa shape index (κ1) is 32.5. The van der Waals surface area contributed by atoms with E-state index in [9.17, 15) is 13.2 Å². The molecule has 0 spiro atoms. The second-order valence-electron chi connectivity index (χ2n) is 13.4. The summed E-state index contributed by atoms with van der Waals surface area (Å²) in [7, 11) is 0. The van der Waals surface area contributed by atoms with Crippen LogP contribution in [0.4, 0.5) is 30.2 Å². The maximum absolute atomic E-state index is 14.4. The summed E-state index contributed by atoms with van der Waals surface area (Å²) in [6.07, 6.45) is -4.51. The minimum atomic E-state index is -4.51. The molecule has 5 nitrogen and oxygen atoms in total. The number of para-hydroxylation sites is 4. The first-order valence-corrected chi connectivity index (χ1v) is 17.7. The van der Waals surface area contributed by atoms with Crippen LogP contribution in [0, 0.1) is 0 Å². The van der Waals surface area contributed by atoms with Crippen LogP contribution in [0.1, 0.15) is 5.56 Å². The highest BCUT2D eigenvalue weighted by molar-refractivity contribution is 5.95. The molecule has 0 bridgehead atoms. The molecule has 2 aromatic heterocycles. The topological polar surface area (TPSA) is 55.3 Å². The summed E-state index contributed by atoms with van der Waals surface area (Å²) in [4.78, 5) is 11.5. The predicted octanol–water partition coefficient (Wildman–Crippen LogP) is 13.8. The van der Waals surface area contributed by atoms with Gasteiger partial charge in [-0.3, -0.25) is 0 Å². The van der Waals surface area contributed by atoms with Crippen molar-refractivity contribution < 1.29 is 22.0 Å². The van der Waals surface area contributed by atoms with E-state index in [1.165, 1.54) is 6.07 Å². The van der Waals surface area contributed by atoms with Crippen molar-refractivity contribution in [2.24, 2.45) is 0 Å². The fourth-order valence-corrected chi connectivity index (χ4v) is 7.20. The van der Waals surface area contributed by atoms with Gasteiger partial charge in [-0.2, -0.15) is 13.2 Å². The predicted molar refractivity (Wildman–Crippen MR) is 213 cm³/mol. The molecule has 55 heavy (non-hydrogen) atoms. The molecular formula is C47H28F3N3O2. The molecule has 0 saturated heterocycles. The molecule has 0 N–H and O–H groups in total. The first-order chi connectivity index (χ1) is 26.8. The van der Waals surface area contributed by atoms with Crippen LogP contribution in [0.2, 0.25) is 0 Å². The maximum atomic E-state index is 14.4. The van der Waals surface area contributed by atoms with Gasteiger partial charge in [-0.1, -0.05) is 66.7 Å². The van der Waals surface area contributed by atoms with E-state index in [4.69, 9.17) is 8.83 Å². The summed E-state index contributed by atoms with van der Waals surface area (Å²) in [5.41, 5.74) is 7.32. The average molecular weight is 724 g/mol. The Morgan fingerprint density at radius 2 is 0.873 bits per heavy atom. The number of benzene rings is 8. The monoisotopic (exact) mass is 723 g/mol. The molecular weight excluding hydrogens is 696 g/mol. The standard InChI is InChI=1S/C47H28F3N3O2/c48-47(49,50)40-28-32-8-2-1-7-31(32)27-39(40)35-14-13-34-26-38(24-19-33(34)25-35)53(36-20-15-29(16-21-36)45-51-41-9-3-5-11-43(41)54-45)37-22-17-30(18-23-37)46-52-42-10-4-6-12-44(42)55-46/h1-28H. The number of hydrogen-bond acceptors (Lipinski definition) is 5. The van der Waals surface area contributed by atoms with Crippen molar-refractivity contribution in [3.8, 4) is 34.0 Å². The Labute approximate surface area is 312 Å². The van der Waals surface area contributed by atoms with Crippen LogP contribution in [-0.4, -0.2) is 9.97 Å². The van der Waals surface area contributed by atoms with Crippen molar-refractivity contribution in [1.82, 2.24) is 9.97 Å². The van der Waals surface area contributed by atoms with E-state index >= 15 is 0 Å². The van der Waals surface area contributed by atoms with E-state index in [-0.39, 0.29) is 5.56 Å². The fourth-order valence-electron chi connectivity index (χ4n) is 7.20. The lowest BCUT2D eigenvalue weighted by Crippen LogP contribution is -2.10. The fraction of sp³-hybridized carbons (Fsp3) is 0.0213. The molecule has 0 radical (unpaired) electrons. The minimum Gasteiger partial charge on any atom is -0.436 e. The van der Waals surface area contributed by atoms with Crippen molar-refractivity contribution in [1.29, 1.82) is 0 Å². The highest BCUT2D eigenvalue weighted by Crippen LogP contribution is 2.42. The van der Waals surface area contributed by atoms with Crippen LogP contribution in [-0.2, 0) is 6.18 Å². The van der Waals surface area contributed by atoms with E-state index in [1.54, 1.807) is 24.3 Å². The normalized spacial score (nSPS) is 11.9. The second kappa shape index (κ2) is 12.7. The third-order valence-corrected chi connectivity index (χ3v) is 9.92. The number of oxazole rings is 2. The van der Waals surface area contributed by atoms with Crippen molar-refractivity contribution in [2.75, 3.05) is 4.90 Å². The Morgan fingerprint density at radius 3 is 1.44 bits per heavy atom. The summed E-state index contributed by atoms with van der Waals surface area (Å²) in [5, 5.41) is 3.00. The van der Waals surface area contributed by atoms with Crippen molar-refractivity contribution in [3.63, 3.8) is 0 Å². The third kappa shape index (κ3) is 5.94. The van der Waals surface area contributed by atoms with Crippen LogP contribution < -0.4 is 4.90 Å². The van der Waals surface area contributed by atoms with Gasteiger partial charge in [-0.15, -0.1) is 0 Å². The number of alkyl halides is 3. The summed E-state index contributed by atoms with van der Waals surface area (Å²) >= 11 is 0. The SMILES string of the molecule is FC(F)(F)c1cc2ccccc2cc1-c1ccc2cc(N(c3ccc(-c4nc5ccccc5o4)cc3)c3ccc(-c4nc5ccccc5o4)cc3)ccc2c1. The molecule has 0 unspecified atom stereocenters. The Bertz CT molecular complexity index is 2850. The number of nitrogens with zero attached hydrogens (tertiary/aromatic N) is 3. The van der Waals surface area contributed by atoms with Gasteiger partial charge in [-0.25, -0.2) is 9.97 Å². The Hall–Kier alpha value is -7.19.